The van der Waals surface area contributed by atoms with Gasteiger partial charge in [-0.25, -0.2) is 0 Å². The van der Waals surface area contributed by atoms with Gasteiger partial charge in [0.25, 0.3) is 0 Å². The molecule has 114 valence electrons. The molecule has 5 nitrogen and oxygen atoms in total. The summed E-state index contributed by atoms with van der Waals surface area (Å²) >= 11 is 0. The van der Waals surface area contributed by atoms with Gasteiger partial charge in [-0.3, -0.25) is 9.48 Å². The Labute approximate surface area is 130 Å². The summed E-state index contributed by atoms with van der Waals surface area (Å²) in [4.78, 5) is 12.1. The van der Waals surface area contributed by atoms with Crippen molar-refractivity contribution < 1.29 is 4.79 Å². The summed E-state index contributed by atoms with van der Waals surface area (Å²) in [5, 5.41) is 7.17. The maximum Gasteiger partial charge on any atom is 0.226 e. The van der Waals surface area contributed by atoms with E-state index in [0.717, 1.165) is 22.6 Å². The van der Waals surface area contributed by atoms with Crippen LogP contribution >= 0.6 is 12.4 Å². The van der Waals surface area contributed by atoms with Crippen LogP contribution < -0.4 is 11.1 Å². The van der Waals surface area contributed by atoms with E-state index in [-0.39, 0.29) is 30.8 Å². The minimum absolute atomic E-state index is 0. The van der Waals surface area contributed by atoms with Gasteiger partial charge in [0, 0.05) is 19.5 Å². The number of anilines is 1. The molecule has 1 unspecified atom stereocenters. The predicted molar refractivity (Wildman–Crippen MR) is 86.5 cm³/mol. The van der Waals surface area contributed by atoms with Crippen LogP contribution in [0.3, 0.4) is 0 Å². The van der Waals surface area contributed by atoms with Crippen molar-refractivity contribution >= 4 is 24.0 Å². The molecule has 0 fully saturated rings. The lowest BCUT2D eigenvalue weighted by atomic mass is 10.0. The van der Waals surface area contributed by atoms with Crippen LogP contribution in [0.25, 0.3) is 0 Å². The molecule has 2 aromatic rings. The third kappa shape index (κ3) is 4.06. The maximum atomic E-state index is 12.1. The first-order valence-corrected chi connectivity index (χ1v) is 6.59. The summed E-state index contributed by atoms with van der Waals surface area (Å²) in [6, 6.07) is 9.33. The van der Waals surface area contributed by atoms with E-state index in [1.54, 1.807) is 4.68 Å². The van der Waals surface area contributed by atoms with Gasteiger partial charge in [0.15, 0.2) is 0 Å². The van der Waals surface area contributed by atoms with Crippen molar-refractivity contribution in [3.05, 3.63) is 47.3 Å². The van der Waals surface area contributed by atoms with Crippen molar-refractivity contribution in [3.8, 4) is 0 Å². The van der Waals surface area contributed by atoms with Crippen molar-refractivity contribution in [1.29, 1.82) is 0 Å². The number of aryl methyl sites for hydroxylation is 2. The van der Waals surface area contributed by atoms with Crippen LogP contribution in [0, 0.1) is 13.8 Å². The van der Waals surface area contributed by atoms with Crippen LogP contribution in [0.15, 0.2) is 30.3 Å². The van der Waals surface area contributed by atoms with Gasteiger partial charge in [0.2, 0.25) is 5.91 Å². The molecule has 6 heteroatoms. The van der Waals surface area contributed by atoms with Gasteiger partial charge in [0.05, 0.1) is 17.1 Å². The minimum Gasteiger partial charge on any atom is -0.324 e. The lowest BCUT2D eigenvalue weighted by Gasteiger charge is -2.12. The molecule has 0 aliphatic carbocycles. The molecule has 1 heterocycles. The standard InChI is InChI=1S/C15H20N4O.ClH/c1-10-15(11(2)19(3)18-10)17-14(20)9-13(16)12-7-5-4-6-8-12;/h4-8,13H,9,16H2,1-3H3,(H,17,20);1H. The molecule has 0 bridgehead atoms. The number of carbonyl (C=O) groups excluding carboxylic acids is 1. The van der Waals surface area contributed by atoms with Crippen molar-refractivity contribution in [1.82, 2.24) is 9.78 Å². The summed E-state index contributed by atoms with van der Waals surface area (Å²) < 4.78 is 1.75. The van der Waals surface area contributed by atoms with Crippen molar-refractivity contribution in [2.75, 3.05) is 5.32 Å². The van der Waals surface area contributed by atoms with Crippen LogP contribution in [0.4, 0.5) is 5.69 Å². The molecule has 1 atom stereocenters. The van der Waals surface area contributed by atoms with Crippen molar-refractivity contribution in [2.45, 2.75) is 26.3 Å². The number of nitrogens with two attached hydrogens (primary N) is 1. The topological polar surface area (TPSA) is 72.9 Å². The molecular formula is C15H21ClN4O. The Morgan fingerprint density at radius 1 is 1.33 bits per heavy atom. The fourth-order valence-corrected chi connectivity index (χ4v) is 2.16. The van der Waals surface area contributed by atoms with Gasteiger partial charge in [-0.05, 0) is 19.4 Å². The SMILES string of the molecule is Cc1nn(C)c(C)c1NC(=O)CC(N)c1ccccc1.Cl. The van der Waals surface area contributed by atoms with Gasteiger partial charge in [0.1, 0.15) is 0 Å². The minimum atomic E-state index is -0.298. The fraction of sp³-hybridized carbons (Fsp3) is 0.333. The third-order valence-corrected chi connectivity index (χ3v) is 3.41. The maximum absolute atomic E-state index is 12.1. The number of halogens is 1. The highest BCUT2D eigenvalue weighted by Gasteiger charge is 2.15. The Kier molecular flexibility index (Phi) is 5.93. The summed E-state index contributed by atoms with van der Waals surface area (Å²) in [6.07, 6.45) is 0.248. The van der Waals surface area contributed by atoms with E-state index in [2.05, 4.69) is 10.4 Å². The number of rotatable bonds is 4. The highest BCUT2D eigenvalue weighted by molar-refractivity contribution is 5.92. The Hall–Kier alpha value is -1.85. The predicted octanol–water partition coefficient (Wildman–Crippen LogP) is 2.49. The molecule has 21 heavy (non-hydrogen) atoms. The van der Waals surface area contributed by atoms with Gasteiger partial charge in [-0.1, -0.05) is 30.3 Å². The molecule has 0 saturated carbocycles. The van der Waals surface area contributed by atoms with Crippen LogP contribution in [0.5, 0.6) is 0 Å². The molecular weight excluding hydrogens is 288 g/mol. The molecule has 0 radical (unpaired) electrons. The van der Waals surface area contributed by atoms with E-state index < -0.39 is 0 Å². The molecule has 1 aromatic carbocycles. The Morgan fingerprint density at radius 3 is 2.48 bits per heavy atom. The van der Waals surface area contributed by atoms with Gasteiger partial charge < -0.3 is 11.1 Å². The highest BCUT2D eigenvalue weighted by atomic mass is 35.5. The first-order valence-electron chi connectivity index (χ1n) is 6.59. The largest absolute Gasteiger partial charge is 0.324 e. The summed E-state index contributed by atoms with van der Waals surface area (Å²) in [5.74, 6) is -0.0967. The van der Waals surface area contributed by atoms with Crippen molar-refractivity contribution in [2.24, 2.45) is 12.8 Å². The number of nitrogens with zero attached hydrogens (tertiary/aromatic N) is 2. The lowest BCUT2D eigenvalue weighted by Crippen LogP contribution is -2.21. The number of hydrogen-bond donors (Lipinski definition) is 2. The Balaban J connectivity index is 0.00000220. The van der Waals surface area contributed by atoms with Crippen LogP contribution in [0.2, 0.25) is 0 Å². The van der Waals surface area contributed by atoms with Crippen LogP contribution in [-0.2, 0) is 11.8 Å². The molecule has 0 spiro atoms. The average Bonchev–Trinajstić information content (AvgIpc) is 2.66. The molecule has 2 rings (SSSR count). The zero-order valence-corrected chi connectivity index (χ0v) is 13.3. The number of hydrogen-bond acceptors (Lipinski definition) is 3. The van der Waals surface area contributed by atoms with Crippen LogP contribution in [-0.4, -0.2) is 15.7 Å². The number of nitrogens with one attached hydrogen (secondary N) is 1. The molecule has 0 aliphatic heterocycles. The van der Waals surface area contributed by atoms with E-state index in [4.69, 9.17) is 5.73 Å². The Bertz CT molecular complexity index is 610. The summed E-state index contributed by atoms with van der Waals surface area (Å²) in [7, 11) is 1.85. The Morgan fingerprint density at radius 2 is 1.95 bits per heavy atom. The normalized spacial score (nSPS) is 11.6. The molecule has 0 aliphatic rings. The van der Waals surface area contributed by atoms with E-state index in [1.165, 1.54) is 0 Å². The quantitative estimate of drug-likeness (QED) is 0.911. The summed E-state index contributed by atoms with van der Waals surface area (Å²) in [6.45, 7) is 3.80. The number of amides is 1. The van der Waals surface area contributed by atoms with E-state index in [9.17, 15) is 4.79 Å². The second-order valence-electron chi connectivity index (χ2n) is 4.94. The fourth-order valence-electron chi connectivity index (χ4n) is 2.16. The molecule has 1 amide bonds. The zero-order valence-electron chi connectivity index (χ0n) is 12.5. The monoisotopic (exact) mass is 308 g/mol. The van der Waals surface area contributed by atoms with E-state index in [1.807, 2.05) is 51.2 Å². The highest BCUT2D eigenvalue weighted by Crippen LogP contribution is 2.20. The smallest absolute Gasteiger partial charge is 0.226 e. The third-order valence-electron chi connectivity index (χ3n) is 3.41. The van der Waals surface area contributed by atoms with Crippen molar-refractivity contribution in [3.63, 3.8) is 0 Å². The average molecular weight is 309 g/mol. The molecule has 0 saturated heterocycles. The second kappa shape index (κ2) is 7.24. The number of aromatic nitrogens is 2. The first kappa shape index (κ1) is 17.2. The summed E-state index contributed by atoms with van der Waals surface area (Å²) in [5.41, 5.74) is 9.53. The van der Waals surface area contributed by atoms with Gasteiger partial charge in [-0.15, -0.1) is 12.4 Å². The zero-order chi connectivity index (χ0) is 14.7. The molecule has 1 aromatic heterocycles. The van der Waals surface area contributed by atoms with E-state index >= 15 is 0 Å². The van der Waals surface area contributed by atoms with Crippen LogP contribution in [0.1, 0.15) is 29.4 Å². The molecule has 3 N–H and O–H groups in total. The lowest BCUT2D eigenvalue weighted by molar-refractivity contribution is -0.116. The van der Waals surface area contributed by atoms with E-state index in [0.29, 0.717) is 0 Å². The number of benzene rings is 1. The second-order valence-corrected chi connectivity index (χ2v) is 4.94. The first-order chi connectivity index (χ1) is 9.49. The van der Waals surface area contributed by atoms with Gasteiger partial charge in [-0.2, -0.15) is 5.10 Å². The number of carbonyl (C=O) groups is 1. The van der Waals surface area contributed by atoms with Gasteiger partial charge >= 0.3 is 0 Å².